The average Bonchev–Trinajstić information content (AvgIpc) is 2.25. The molecular weight excluding hydrogens is 312 g/mol. The van der Waals surface area contributed by atoms with Crippen molar-refractivity contribution in [3.63, 3.8) is 0 Å². The molecule has 21 heavy (non-hydrogen) atoms. The number of carbonyl (C=O) groups is 2. The molecule has 0 rings (SSSR count). The van der Waals surface area contributed by atoms with E-state index < -0.39 is 31.4 Å². The number of carboxylic acids is 1. The fraction of sp³-hybridized carbons (Fsp3) is 0.857. The van der Waals surface area contributed by atoms with Gasteiger partial charge in [0.05, 0.1) is 0 Å². The van der Waals surface area contributed by atoms with E-state index in [4.69, 9.17) is 9.96 Å². The number of carbonyl (C=O) groups excluding carboxylic acids is 2. The Morgan fingerprint density at radius 1 is 0.905 bits per heavy atom. The third kappa shape index (κ3) is 19.7. The van der Waals surface area contributed by atoms with Crippen molar-refractivity contribution < 1.29 is 43.7 Å². The summed E-state index contributed by atoms with van der Waals surface area (Å²) in [4.78, 5) is 19.8. The molecule has 0 aromatic heterocycles. The number of hydrogen-bond acceptors (Lipinski definition) is 6. The smallest absolute Gasteiger partial charge is 0.138 e. The van der Waals surface area contributed by atoms with Crippen LogP contribution in [-0.4, -0.2) is 30.1 Å². The van der Waals surface area contributed by atoms with Gasteiger partial charge in [0.25, 0.3) is 0 Å². The summed E-state index contributed by atoms with van der Waals surface area (Å²) in [5.74, 6) is -1.58. The Balaban J connectivity index is 0. The fourth-order valence-corrected chi connectivity index (χ4v) is 3.01. The number of aliphatic carboxylic acids is 1. The summed E-state index contributed by atoms with van der Waals surface area (Å²) in [5, 5.41) is 9.64. The minimum atomic E-state index is -2.18. The maximum absolute atomic E-state index is 10.2. The normalized spacial score (nSPS) is 10.6. The van der Waals surface area contributed by atoms with E-state index in [1.54, 1.807) is 6.92 Å². The van der Waals surface area contributed by atoms with Crippen LogP contribution in [0, 0.1) is 0 Å². The Hall–Kier alpha value is -0.266. The Labute approximate surface area is 135 Å². The first-order valence-electron chi connectivity index (χ1n) is 7.16. The van der Waals surface area contributed by atoms with Crippen molar-refractivity contribution in [3.8, 4) is 0 Å². The molecule has 0 fully saturated rings. The maximum Gasteiger partial charge on any atom is 0.138 e. The van der Waals surface area contributed by atoms with Crippen LogP contribution in [0.5, 0.6) is 0 Å². The topological polar surface area (TPSA) is 84.9 Å². The maximum atomic E-state index is 10.2. The van der Waals surface area contributed by atoms with Gasteiger partial charge in [-0.25, -0.2) is 0 Å². The molecule has 0 aliphatic carbocycles. The molecule has 0 aliphatic heterocycles. The van der Waals surface area contributed by atoms with Gasteiger partial charge in [0.15, 0.2) is 0 Å². The second kappa shape index (κ2) is 13.4. The Bertz CT molecular complexity index is 267. The van der Waals surface area contributed by atoms with E-state index in [2.05, 4.69) is 0 Å². The zero-order chi connectivity index (χ0) is 17.0. The summed E-state index contributed by atoms with van der Waals surface area (Å²) in [5.41, 5.74) is 0. The van der Waals surface area contributed by atoms with Crippen molar-refractivity contribution in [3.05, 3.63) is 0 Å². The molecule has 0 bridgehead atoms. The van der Waals surface area contributed by atoms with Gasteiger partial charge in [0, 0.05) is 18.8 Å². The van der Waals surface area contributed by atoms with Crippen LogP contribution in [0.15, 0.2) is 0 Å². The van der Waals surface area contributed by atoms with Crippen LogP contribution in [0.3, 0.4) is 0 Å². The minimum Gasteiger partial charge on any atom is -0.550 e. The summed E-state index contributed by atoms with van der Waals surface area (Å²) >= 11 is -2.18. The zero-order valence-corrected chi connectivity index (χ0v) is 15.7. The van der Waals surface area contributed by atoms with Gasteiger partial charge in [-0.05, 0) is 0 Å². The average molecular weight is 340 g/mol. The number of Topliss-reactive ketones (excluding diaryl/α,β-unsaturated/α-hetero) is 1. The number of carboxylic acid groups (broad SMARTS) is 1. The second-order valence-corrected chi connectivity index (χ2v) is 7.08. The van der Waals surface area contributed by atoms with Gasteiger partial charge in [-0.3, -0.25) is 4.79 Å². The van der Waals surface area contributed by atoms with Gasteiger partial charge in [-0.2, -0.15) is 0 Å². The molecule has 124 valence electrons. The third-order valence-electron chi connectivity index (χ3n) is 1.73. The summed E-state index contributed by atoms with van der Waals surface area (Å²) in [6.45, 7) is 13.6. The molecule has 0 aliphatic rings. The standard InChI is InChI=1S/C5H8O3.3C3H7O.Ti/c1-2-4(6)3-5(7)8;3*1-3(2)4;/h2-3H2,1H3,(H,7,8);3*3H,1-2H3;/q;3*-1;+4/p-1. The third-order valence-corrected chi connectivity index (χ3v) is 4.84. The minimum absolute atomic E-state index is 0.187. The first-order valence-corrected chi connectivity index (χ1v) is 9.08. The van der Waals surface area contributed by atoms with Crippen LogP contribution in [-0.2, 0) is 38.6 Å². The van der Waals surface area contributed by atoms with Gasteiger partial charge < -0.3 is 9.90 Å². The van der Waals surface area contributed by atoms with Gasteiger partial charge in [-0.15, -0.1) is 0 Å². The molecule has 0 radical (unpaired) electrons. The molecule has 0 heterocycles. The largest absolute Gasteiger partial charge is 0.550 e. The summed E-state index contributed by atoms with van der Waals surface area (Å²) in [6, 6.07) is 0. The molecule has 0 saturated carbocycles. The van der Waals surface area contributed by atoms with Crippen LogP contribution in [0.2, 0.25) is 0 Å². The second-order valence-electron chi connectivity index (χ2n) is 5.19. The van der Waals surface area contributed by atoms with Crippen LogP contribution >= 0.6 is 0 Å². The Kier molecular flexibility index (Phi) is 14.7. The summed E-state index contributed by atoms with van der Waals surface area (Å²) in [7, 11) is 0. The molecule has 0 spiro atoms. The van der Waals surface area contributed by atoms with E-state index >= 15 is 0 Å². The summed E-state index contributed by atoms with van der Waals surface area (Å²) in [6.07, 6.45) is 0.386. The molecule has 0 amide bonds. The van der Waals surface area contributed by atoms with E-state index in [0.29, 0.717) is 0 Å². The molecule has 0 aromatic rings. The van der Waals surface area contributed by atoms with Gasteiger partial charge >= 0.3 is 88.8 Å². The summed E-state index contributed by atoms with van der Waals surface area (Å²) < 4.78 is 16.8. The Morgan fingerprint density at radius 3 is 1.38 bits per heavy atom. The van der Waals surface area contributed by atoms with Crippen LogP contribution in [0.25, 0.3) is 0 Å². The van der Waals surface area contributed by atoms with Crippen LogP contribution < -0.4 is 5.11 Å². The first-order chi connectivity index (χ1) is 9.58. The zero-order valence-electron chi connectivity index (χ0n) is 14.1. The molecule has 0 N–H and O–H groups in total. The predicted molar refractivity (Wildman–Crippen MR) is 73.6 cm³/mol. The van der Waals surface area contributed by atoms with E-state index in [1.165, 1.54) is 0 Å². The number of hydrogen-bond donors (Lipinski definition) is 0. The van der Waals surface area contributed by atoms with Crippen molar-refractivity contribution in [2.75, 3.05) is 0 Å². The molecule has 0 unspecified atom stereocenters. The van der Waals surface area contributed by atoms with Crippen molar-refractivity contribution in [1.82, 2.24) is 0 Å². The predicted octanol–water partition coefficient (Wildman–Crippen LogP) is 1.73. The van der Waals surface area contributed by atoms with Crippen LogP contribution in [0.1, 0.15) is 61.3 Å². The van der Waals surface area contributed by atoms with Crippen molar-refractivity contribution in [1.29, 1.82) is 0 Å². The van der Waals surface area contributed by atoms with E-state index in [-0.39, 0.29) is 30.5 Å². The number of rotatable bonds is 9. The van der Waals surface area contributed by atoms with Gasteiger partial charge in [0.2, 0.25) is 0 Å². The van der Waals surface area contributed by atoms with Gasteiger partial charge in [0.1, 0.15) is 5.78 Å². The Morgan fingerprint density at radius 2 is 1.24 bits per heavy atom. The monoisotopic (exact) mass is 340 g/mol. The van der Waals surface area contributed by atoms with Gasteiger partial charge in [-0.1, -0.05) is 6.92 Å². The quantitative estimate of drug-likeness (QED) is 0.469. The molecular formula is C14H28O6Ti. The van der Waals surface area contributed by atoms with E-state index in [0.717, 1.165) is 0 Å². The number of ketones is 1. The fourth-order valence-electron chi connectivity index (χ4n) is 0.947. The molecule has 0 saturated heterocycles. The molecule has 0 atom stereocenters. The van der Waals surface area contributed by atoms with Crippen molar-refractivity contribution >= 4 is 11.8 Å². The SMILES string of the molecule is CC(C)[O][Ti+]([O]C(C)C)[O]C(C)C.CCC(=O)CC(=O)[O-]. The van der Waals surface area contributed by atoms with E-state index in [1.807, 2.05) is 41.5 Å². The van der Waals surface area contributed by atoms with Crippen LogP contribution in [0.4, 0.5) is 0 Å². The first kappa shape index (κ1) is 23.0. The van der Waals surface area contributed by atoms with E-state index in [9.17, 15) is 14.7 Å². The van der Waals surface area contributed by atoms with Crippen molar-refractivity contribution in [2.45, 2.75) is 79.6 Å². The molecule has 0 aromatic carbocycles. The molecule has 6 nitrogen and oxygen atoms in total. The van der Waals surface area contributed by atoms with Crippen molar-refractivity contribution in [2.24, 2.45) is 0 Å². The molecule has 7 heteroatoms.